The maximum atomic E-state index is 11.2. The van der Waals surface area contributed by atoms with Gasteiger partial charge in [-0.05, 0) is 24.3 Å². The lowest BCUT2D eigenvalue weighted by molar-refractivity contribution is 0.112. The van der Waals surface area contributed by atoms with Gasteiger partial charge in [-0.1, -0.05) is 23.7 Å². The number of rotatable bonds is 2. The largest absolute Gasteiger partial charge is 0.298 e. The van der Waals surface area contributed by atoms with Gasteiger partial charge in [-0.15, -0.1) is 0 Å². The van der Waals surface area contributed by atoms with Crippen LogP contribution in [0.4, 0.5) is 0 Å². The van der Waals surface area contributed by atoms with Crippen molar-refractivity contribution in [3.05, 3.63) is 59.4 Å². The van der Waals surface area contributed by atoms with Crippen LogP contribution in [-0.2, 0) is 0 Å². The van der Waals surface area contributed by atoms with E-state index >= 15 is 0 Å². The van der Waals surface area contributed by atoms with Crippen LogP contribution in [0.2, 0.25) is 5.02 Å². The molecule has 92 valence electrons. The third-order valence-electron chi connectivity index (χ3n) is 2.89. The summed E-state index contributed by atoms with van der Waals surface area (Å²) in [6.45, 7) is 0. The summed E-state index contributed by atoms with van der Waals surface area (Å²) in [4.78, 5) is 19.8. The van der Waals surface area contributed by atoms with Crippen molar-refractivity contribution >= 4 is 28.8 Å². The van der Waals surface area contributed by atoms with Gasteiger partial charge in [0.15, 0.2) is 6.29 Å². The highest BCUT2D eigenvalue weighted by atomic mass is 35.5. The van der Waals surface area contributed by atoms with Crippen LogP contribution in [0.15, 0.2) is 48.8 Å². The van der Waals surface area contributed by atoms with E-state index in [0.717, 1.165) is 17.2 Å². The first-order valence-electron chi connectivity index (χ1n) is 5.74. The Morgan fingerprint density at radius 3 is 2.79 bits per heavy atom. The first-order valence-corrected chi connectivity index (χ1v) is 6.12. The standard InChI is InChI=1S/C15H9ClN2O/c16-13-5-1-3-10-7-12(9-19)14(18-15(10)13)11-4-2-6-17-8-11/h1-9H. The van der Waals surface area contributed by atoms with E-state index in [2.05, 4.69) is 9.97 Å². The fourth-order valence-electron chi connectivity index (χ4n) is 2.00. The number of para-hydroxylation sites is 1. The van der Waals surface area contributed by atoms with Crippen LogP contribution < -0.4 is 0 Å². The van der Waals surface area contributed by atoms with Gasteiger partial charge < -0.3 is 0 Å². The SMILES string of the molecule is O=Cc1cc2cccc(Cl)c2nc1-c1cccnc1. The number of aldehydes is 1. The molecule has 3 rings (SSSR count). The number of carbonyl (C=O) groups is 1. The van der Waals surface area contributed by atoms with Crippen molar-refractivity contribution in [2.45, 2.75) is 0 Å². The minimum atomic E-state index is 0.530. The highest BCUT2D eigenvalue weighted by molar-refractivity contribution is 6.35. The van der Waals surface area contributed by atoms with E-state index in [-0.39, 0.29) is 0 Å². The predicted octanol–water partition coefficient (Wildman–Crippen LogP) is 3.76. The Bertz CT molecular complexity index is 757. The van der Waals surface area contributed by atoms with Crippen molar-refractivity contribution < 1.29 is 4.79 Å². The Balaban J connectivity index is 2.35. The average molecular weight is 269 g/mol. The van der Waals surface area contributed by atoms with Gasteiger partial charge in [-0.25, -0.2) is 4.98 Å². The second-order valence-electron chi connectivity index (χ2n) is 4.10. The van der Waals surface area contributed by atoms with Crippen LogP contribution in [0.1, 0.15) is 10.4 Å². The van der Waals surface area contributed by atoms with Gasteiger partial charge in [0.05, 0.1) is 16.2 Å². The smallest absolute Gasteiger partial charge is 0.152 e. The molecule has 0 unspecified atom stereocenters. The zero-order chi connectivity index (χ0) is 13.2. The third-order valence-corrected chi connectivity index (χ3v) is 3.19. The van der Waals surface area contributed by atoms with Gasteiger partial charge in [0.25, 0.3) is 0 Å². The molecule has 3 aromatic rings. The number of hydrogen-bond donors (Lipinski definition) is 0. The number of fused-ring (bicyclic) bond motifs is 1. The summed E-state index contributed by atoms with van der Waals surface area (Å²) in [5, 5.41) is 1.42. The summed E-state index contributed by atoms with van der Waals surface area (Å²) in [5.74, 6) is 0. The molecule has 0 aliphatic carbocycles. The van der Waals surface area contributed by atoms with Gasteiger partial charge in [-0.3, -0.25) is 9.78 Å². The molecule has 0 radical (unpaired) electrons. The molecule has 0 saturated heterocycles. The Morgan fingerprint density at radius 1 is 1.16 bits per heavy atom. The van der Waals surface area contributed by atoms with Gasteiger partial charge in [0, 0.05) is 28.9 Å². The van der Waals surface area contributed by atoms with Crippen molar-refractivity contribution in [3.8, 4) is 11.3 Å². The van der Waals surface area contributed by atoms with Crippen LogP contribution in [0.5, 0.6) is 0 Å². The zero-order valence-electron chi connectivity index (χ0n) is 9.88. The van der Waals surface area contributed by atoms with Crippen LogP contribution in [0.3, 0.4) is 0 Å². The number of nitrogens with zero attached hydrogens (tertiary/aromatic N) is 2. The lowest BCUT2D eigenvalue weighted by Gasteiger charge is -2.07. The second-order valence-corrected chi connectivity index (χ2v) is 4.50. The zero-order valence-corrected chi connectivity index (χ0v) is 10.6. The lowest BCUT2D eigenvalue weighted by atomic mass is 10.1. The van der Waals surface area contributed by atoms with Crippen molar-refractivity contribution in [1.82, 2.24) is 9.97 Å². The normalized spacial score (nSPS) is 10.6. The highest BCUT2D eigenvalue weighted by Crippen LogP contribution is 2.27. The number of pyridine rings is 2. The first kappa shape index (κ1) is 11.8. The quantitative estimate of drug-likeness (QED) is 0.665. The molecule has 3 nitrogen and oxygen atoms in total. The van der Waals surface area contributed by atoms with Crippen LogP contribution in [0.25, 0.3) is 22.2 Å². The second kappa shape index (κ2) is 4.78. The molecule has 0 N–H and O–H groups in total. The number of benzene rings is 1. The molecule has 0 bridgehead atoms. The van der Waals surface area contributed by atoms with Crippen molar-refractivity contribution in [2.24, 2.45) is 0 Å². The van der Waals surface area contributed by atoms with Crippen LogP contribution >= 0.6 is 11.6 Å². The van der Waals surface area contributed by atoms with Crippen molar-refractivity contribution in [2.75, 3.05) is 0 Å². The Morgan fingerprint density at radius 2 is 2.05 bits per heavy atom. The number of carbonyl (C=O) groups excluding carboxylic acids is 1. The van der Waals surface area contributed by atoms with Crippen LogP contribution in [-0.4, -0.2) is 16.3 Å². The molecule has 0 atom stereocenters. The summed E-state index contributed by atoms with van der Waals surface area (Å²) in [5.41, 5.74) is 2.62. The summed E-state index contributed by atoms with van der Waals surface area (Å²) in [6, 6.07) is 11.0. The minimum absolute atomic E-state index is 0.530. The molecular weight excluding hydrogens is 260 g/mol. The maximum absolute atomic E-state index is 11.2. The van der Waals surface area contributed by atoms with Gasteiger partial charge >= 0.3 is 0 Å². The van der Waals surface area contributed by atoms with Gasteiger partial charge in [-0.2, -0.15) is 0 Å². The van der Waals surface area contributed by atoms with E-state index in [9.17, 15) is 4.79 Å². The van der Waals surface area contributed by atoms with E-state index in [1.54, 1.807) is 24.5 Å². The predicted molar refractivity (Wildman–Crippen MR) is 75.4 cm³/mol. The summed E-state index contributed by atoms with van der Waals surface area (Å²) in [6.07, 6.45) is 4.16. The van der Waals surface area contributed by atoms with E-state index in [0.29, 0.717) is 21.8 Å². The van der Waals surface area contributed by atoms with Crippen LogP contribution in [0, 0.1) is 0 Å². The third kappa shape index (κ3) is 2.09. The summed E-state index contributed by atoms with van der Waals surface area (Å²) >= 11 is 6.15. The molecular formula is C15H9ClN2O. The number of aromatic nitrogens is 2. The molecule has 0 saturated carbocycles. The first-order chi connectivity index (χ1) is 9.29. The fraction of sp³-hybridized carbons (Fsp3) is 0. The van der Waals surface area contributed by atoms with E-state index in [1.165, 1.54) is 0 Å². The molecule has 2 aromatic heterocycles. The molecule has 0 aliphatic rings. The Hall–Kier alpha value is -2.26. The highest BCUT2D eigenvalue weighted by Gasteiger charge is 2.10. The monoisotopic (exact) mass is 268 g/mol. The van der Waals surface area contributed by atoms with E-state index in [1.807, 2.05) is 24.3 Å². The topological polar surface area (TPSA) is 42.9 Å². The lowest BCUT2D eigenvalue weighted by Crippen LogP contribution is -1.94. The summed E-state index contributed by atoms with van der Waals surface area (Å²) < 4.78 is 0. The fourth-order valence-corrected chi connectivity index (χ4v) is 2.23. The van der Waals surface area contributed by atoms with E-state index in [4.69, 9.17) is 11.6 Å². The average Bonchev–Trinajstić information content (AvgIpc) is 2.47. The molecule has 0 aliphatic heterocycles. The Labute approximate surface area is 114 Å². The molecule has 2 heterocycles. The maximum Gasteiger partial charge on any atom is 0.152 e. The summed E-state index contributed by atoms with van der Waals surface area (Å²) in [7, 11) is 0. The van der Waals surface area contributed by atoms with Gasteiger partial charge in [0.1, 0.15) is 0 Å². The van der Waals surface area contributed by atoms with Crippen molar-refractivity contribution in [3.63, 3.8) is 0 Å². The molecule has 1 aromatic carbocycles. The molecule has 0 fully saturated rings. The van der Waals surface area contributed by atoms with Gasteiger partial charge in [0.2, 0.25) is 0 Å². The Kier molecular flexibility index (Phi) is 2.97. The van der Waals surface area contributed by atoms with Crippen molar-refractivity contribution in [1.29, 1.82) is 0 Å². The molecule has 0 spiro atoms. The molecule has 4 heteroatoms. The van der Waals surface area contributed by atoms with E-state index < -0.39 is 0 Å². The number of hydrogen-bond acceptors (Lipinski definition) is 3. The molecule has 19 heavy (non-hydrogen) atoms. The minimum Gasteiger partial charge on any atom is -0.298 e. The molecule has 0 amide bonds. The number of halogens is 1.